The first kappa shape index (κ1) is 7.22. The molecule has 12 heavy (non-hydrogen) atoms. The Kier molecular flexibility index (Phi) is 1.54. The first-order chi connectivity index (χ1) is 5.81. The van der Waals surface area contributed by atoms with E-state index >= 15 is 0 Å². The zero-order chi connectivity index (χ0) is 8.55. The summed E-state index contributed by atoms with van der Waals surface area (Å²) in [5.41, 5.74) is 2.24. The van der Waals surface area contributed by atoms with E-state index in [1.165, 1.54) is 5.39 Å². The highest BCUT2D eigenvalue weighted by atomic mass is 16.5. The van der Waals surface area contributed by atoms with Gasteiger partial charge in [0.1, 0.15) is 5.75 Å². The molecule has 1 heterocycles. The van der Waals surface area contributed by atoms with E-state index < -0.39 is 0 Å². The van der Waals surface area contributed by atoms with Crippen LogP contribution in [-0.4, -0.2) is 12.1 Å². The van der Waals surface area contributed by atoms with Gasteiger partial charge in [-0.15, -0.1) is 0 Å². The fraction of sp³-hybridized carbons (Fsp3) is 0.200. The molecule has 0 unspecified atom stereocenters. The molecule has 1 aromatic carbocycles. The van der Waals surface area contributed by atoms with Crippen molar-refractivity contribution in [1.82, 2.24) is 4.98 Å². The number of methoxy groups -OCH3 is 1. The molecular formula is C10H11NO. The number of para-hydroxylation sites is 1. The van der Waals surface area contributed by atoms with E-state index in [0.29, 0.717) is 0 Å². The Balaban J connectivity index is 2.78. The lowest BCUT2D eigenvalue weighted by Gasteiger charge is -1.99. The zero-order valence-corrected chi connectivity index (χ0v) is 7.22. The summed E-state index contributed by atoms with van der Waals surface area (Å²) < 4.78 is 5.21. The molecule has 0 aliphatic rings. The zero-order valence-electron chi connectivity index (χ0n) is 7.22. The number of aryl methyl sites for hydroxylation is 1. The second-order valence-corrected chi connectivity index (χ2v) is 2.88. The Morgan fingerprint density at radius 2 is 2.17 bits per heavy atom. The van der Waals surface area contributed by atoms with Gasteiger partial charge in [0.25, 0.3) is 0 Å². The van der Waals surface area contributed by atoms with Crippen molar-refractivity contribution in [2.45, 2.75) is 6.92 Å². The van der Waals surface area contributed by atoms with Gasteiger partial charge in [0.05, 0.1) is 12.6 Å². The number of nitrogens with one attached hydrogen (secondary N) is 1. The molecule has 0 atom stereocenters. The lowest BCUT2D eigenvalue weighted by atomic mass is 10.2. The van der Waals surface area contributed by atoms with E-state index in [9.17, 15) is 0 Å². The van der Waals surface area contributed by atoms with Crippen LogP contribution in [0.3, 0.4) is 0 Å². The van der Waals surface area contributed by atoms with Gasteiger partial charge in [-0.1, -0.05) is 12.1 Å². The summed E-state index contributed by atoms with van der Waals surface area (Å²) in [4.78, 5) is 3.25. The Bertz CT molecular complexity index is 403. The van der Waals surface area contributed by atoms with Crippen molar-refractivity contribution in [2.75, 3.05) is 7.11 Å². The summed E-state index contributed by atoms with van der Waals surface area (Å²) >= 11 is 0. The monoisotopic (exact) mass is 161 g/mol. The summed E-state index contributed by atoms with van der Waals surface area (Å²) in [7, 11) is 1.69. The highest BCUT2D eigenvalue weighted by Crippen LogP contribution is 2.24. The predicted octanol–water partition coefficient (Wildman–Crippen LogP) is 2.48. The van der Waals surface area contributed by atoms with E-state index in [2.05, 4.69) is 17.1 Å². The van der Waals surface area contributed by atoms with Crippen LogP contribution in [0.15, 0.2) is 24.3 Å². The molecule has 1 N–H and O–H groups in total. The Morgan fingerprint density at radius 3 is 2.92 bits per heavy atom. The maximum Gasteiger partial charge on any atom is 0.142 e. The number of fused-ring (bicyclic) bond motifs is 1. The number of aromatic amines is 1. The van der Waals surface area contributed by atoms with E-state index in [-0.39, 0.29) is 0 Å². The Labute approximate surface area is 71.2 Å². The minimum atomic E-state index is 0.903. The van der Waals surface area contributed by atoms with Crippen LogP contribution >= 0.6 is 0 Å². The molecule has 0 aliphatic carbocycles. The number of ether oxygens (including phenoxy) is 1. The summed E-state index contributed by atoms with van der Waals surface area (Å²) in [5, 5.41) is 1.20. The molecule has 1 aromatic heterocycles. The van der Waals surface area contributed by atoms with E-state index in [4.69, 9.17) is 4.74 Å². The molecule has 2 rings (SSSR count). The molecule has 2 nitrogen and oxygen atoms in total. The van der Waals surface area contributed by atoms with E-state index in [1.807, 2.05) is 19.1 Å². The standard InChI is InChI=1S/C10H11NO/c1-7-6-8-4-3-5-9(12-2)10(8)11-7/h3-6,11H,1-2H3. The molecule has 0 saturated heterocycles. The average Bonchev–Trinajstić information content (AvgIpc) is 2.44. The van der Waals surface area contributed by atoms with Crippen LogP contribution in [-0.2, 0) is 0 Å². The van der Waals surface area contributed by atoms with Crippen LogP contribution < -0.4 is 4.74 Å². The molecule has 0 radical (unpaired) electrons. The topological polar surface area (TPSA) is 25.0 Å². The third kappa shape index (κ3) is 0.961. The second-order valence-electron chi connectivity index (χ2n) is 2.88. The van der Waals surface area contributed by atoms with Crippen LogP contribution in [0.25, 0.3) is 10.9 Å². The van der Waals surface area contributed by atoms with Crippen LogP contribution in [0.4, 0.5) is 0 Å². The SMILES string of the molecule is COc1cccc2cc(C)[nH]c12. The van der Waals surface area contributed by atoms with Gasteiger partial charge in [-0.2, -0.15) is 0 Å². The molecule has 2 heteroatoms. The van der Waals surface area contributed by atoms with Crippen molar-refractivity contribution in [1.29, 1.82) is 0 Å². The first-order valence-corrected chi connectivity index (χ1v) is 3.93. The number of H-pyrrole nitrogens is 1. The molecular weight excluding hydrogens is 150 g/mol. The van der Waals surface area contributed by atoms with Gasteiger partial charge in [0, 0.05) is 11.1 Å². The summed E-state index contributed by atoms with van der Waals surface area (Å²) in [6, 6.07) is 8.13. The molecule has 62 valence electrons. The van der Waals surface area contributed by atoms with Gasteiger partial charge in [0.2, 0.25) is 0 Å². The van der Waals surface area contributed by atoms with Gasteiger partial charge in [-0.05, 0) is 19.1 Å². The molecule has 0 aliphatic heterocycles. The van der Waals surface area contributed by atoms with Crippen LogP contribution in [0.2, 0.25) is 0 Å². The normalized spacial score (nSPS) is 10.5. The van der Waals surface area contributed by atoms with Crippen LogP contribution in [0.1, 0.15) is 5.69 Å². The summed E-state index contributed by atoms with van der Waals surface area (Å²) in [6.07, 6.45) is 0. The molecule has 0 amide bonds. The van der Waals surface area contributed by atoms with Gasteiger partial charge >= 0.3 is 0 Å². The van der Waals surface area contributed by atoms with Crippen molar-refractivity contribution >= 4 is 10.9 Å². The van der Waals surface area contributed by atoms with Gasteiger partial charge in [-0.3, -0.25) is 0 Å². The highest BCUT2D eigenvalue weighted by Gasteiger charge is 2.01. The molecule has 0 spiro atoms. The maximum atomic E-state index is 5.21. The fourth-order valence-corrected chi connectivity index (χ4v) is 1.44. The van der Waals surface area contributed by atoms with Crippen LogP contribution in [0, 0.1) is 6.92 Å². The van der Waals surface area contributed by atoms with Gasteiger partial charge in [0.15, 0.2) is 0 Å². The maximum absolute atomic E-state index is 5.21. The number of rotatable bonds is 1. The number of aromatic nitrogens is 1. The van der Waals surface area contributed by atoms with Gasteiger partial charge < -0.3 is 9.72 Å². The van der Waals surface area contributed by atoms with E-state index in [1.54, 1.807) is 7.11 Å². The fourth-order valence-electron chi connectivity index (χ4n) is 1.44. The van der Waals surface area contributed by atoms with Crippen molar-refractivity contribution in [3.05, 3.63) is 30.0 Å². The third-order valence-corrected chi connectivity index (χ3v) is 1.97. The quantitative estimate of drug-likeness (QED) is 0.682. The Hall–Kier alpha value is -1.44. The van der Waals surface area contributed by atoms with Crippen molar-refractivity contribution in [3.63, 3.8) is 0 Å². The molecule has 2 aromatic rings. The number of hydrogen-bond donors (Lipinski definition) is 1. The largest absolute Gasteiger partial charge is 0.495 e. The predicted molar refractivity (Wildman–Crippen MR) is 49.6 cm³/mol. The minimum Gasteiger partial charge on any atom is -0.495 e. The third-order valence-electron chi connectivity index (χ3n) is 1.97. The summed E-state index contributed by atoms with van der Waals surface area (Å²) in [6.45, 7) is 2.04. The lowest BCUT2D eigenvalue weighted by Crippen LogP contribution is -1.83. The van der Waals surface area contributed by atoms with Gasteiger partial charge in [-0.25, -0.2) is 0 Å². The highest BCUT2D eigenvalue weighted by molar-refractivity contribution is 5.85. The average molecular weight is 161 g/mol. The van der Waals surface area contributed by atoms with Crippen LogP contribution in [0.5, 0.6) is 5.75 Å². The summed E-state index contributed by atoms with van der Waals surface area (Å²) in [5.74, 6) is 0.903. The van der Waals surface area contributed by atoms with Crippen molar-refractivity contribution < 1.29 is 4.74 Å². The minimum absolute atomic E-state index is 0.903. The molecule has 0 bridgehead atoms. The molecule has 0 saturated carbocycles. The smallest absolute Gasteiger partial charge is 0.142 e. The lowest BCUT2D eigenvalue weighted by molar-refractivity contribution is 0.419. The number of hydrogen-bond acceptors (Lipinski definition) is 1. The Morgan fingerprint density at radius 1 is 1.33 bits per heavy atom. The first-order valence-electron chi connectivity index (χ1n) is 3.93. The van der Waals surface area contributed by atoms with Crippen molar-refractivity contribution in [3.8, 4) is 5.75 Å². The van der Waals surface area contributed by atoms with Crippen molar-refractivity contribution in [2.24, 2.45) is 0 Å². The second kappa shape index (κ2) is 2.55. The molecule has 0 fully saturated rings. The number of benzene rings is 1. The van der Waals surface area contributed by atoms with E-state index in [0.717, 1.165) is 17.0 Å².